The number of hydrogen-bond acceptors (Lipinski definition) is 1. The number of halogens is 1. The van der Waals surface area contributed by atoms with Gasteiger partial charge in [0, 0.05) is 9.86 Å². The van der Waals surface area contributed by atoms with E-state index in [2.05, 4.69) is 32.0 Å². The number of hydrogen-bond donors (Lipinski definition) is 1. The quantitative estimate of drug-likeness (QED) is 0.679. The SMILES string of the molecule is C#Cc1n[nH]c2cc(Br)ccc12. The minimum absolute atomic E-state index is 0.664. The molecule has 0 bridgehead atoms. The van der Waals surface area contributed by atoms with Gasteiger partial charge in [-0.1, -0.05) is 15.9 Å². The monoisotopic (exact) mass is 220 g/mol. The van der Waals surface area contributed by atoms with Crippen LogP contribution in [0.5, 0.6) is 0 Å². The minimum atomic E-state index is 0.664. The van der Waals surface area contributed by atoms with E-state index in [1.165, 1.54) is 0 Å². The molecule has 2 rings (SSSR count). The second kappa shape index (κ2) is 2.65. The molecule has 0 aliphatic rings. The fourth-order valence-corrected chi connectivity index (χ4v) is 1.46. The number of nitrogens with zero attached hydrogens (tertiary/aromatic N) is 1. The molecule has 2 aromatic rings. The van der Waals surface area contributed by atoms with Crippen LogP contribution in [-0.4, -0.2) is 10.2 Å². The van der Waals surface area contributed by atoms with Crippen LogP contribution >= 0.6 is 15.9 Å². The number of nitrogens with one attached hydrogen (secondary N) is 1. The molecule has 0 aliphatic heterocycles. The Kier molecular flexibility index (Phi) is 1.63. The normalized spacial score (nSPS) is 10.0. The first kappa shape index (κ1) is 7.38. The Labute approximate surface area is 78.1 Å². The summed E-state index contributed by atoms with van der Waals surface area (Å²) in [6.07, 6.45) is 5.25. The van der Waals surface area contributed by atoms with Crippen molar-refractivity contribution in [2.75, 3.05) is 0 Å². The molecule has 12 heavy (non-hydrogen) atoms. The van der Waals surface area contributed by atoms with E-state index >= 15 is 0 Å². The molecule has 2 nitrogen and oxygen atoms in total. The molecule has 0 saturated heterocycles. The molecule has 0 spiro atoms. The lowest BCUT2D eigenvalue weighted by atomic mass is 10.2. The first-order chi connectivity index (χ1) is 5.81. The summed E-state index contributed by atoms with van der Waals surface area (Å²) in [4.78, 5) is 0. The smallest absolute Gasteiger partial charge is 0.142 e. The van der Waals surface area contributed by atoms with Gasteiger partial charge in [-0.05, 0) is 24.1 Å². The van der Waals surface area contributed by atoms with Gasteiger partial charge < -0.3 is 0 Å². The van der Waals surface area contributed by atoms with E-state index in [0.29, 0.717) is 5.69 Å². The highest BCUT2D eigenvalue weighted by molar-refractivity contribution is 9.10. The lowest BCUT2D eigenvalue weighted by molar-refractivity contribution is 1.10. The van der Waals surface area contributed by atoms with Gasteiger partial charge >= 0.3 is 0 Å². The van der Waals surface area contributed by atoms with E-state index < -0.39 is 0 Å². The Morgan fingerprint density at radius 3 is 3.08 bits per heavy atom. The van der Waals surface area contributed by atoms with Crippen molar-refractivity contribution in [2.24, 2.45) is 0 Å². The molecule has 1 aromatic carbocycles. The lowest BCUT2D eigenvalue weighted by Gasteiger charge is -1.89. The van der Waals surface area contributed by atoms with Gasteiger partial charge in [-0.25, -0.2) is 0 Å². The van der Waals surface area contributed by atoms with E-state index in [1.807, 2.05) is 18.2 Å². The van der Waals surface area contributed by atoms with Gasteiger partial charge in [0.05, 0.1) is 5.52 Å². The van der Waals surface area contributed by atoms with Crippen molar-refractivity contribution in [3.8, 4) is 12.3 Å². The summed E-state index contributed by atoms with van der Waals surface area (Å²) >= 11 is 3.36. The largest absolute Gasteiger partial charge is 0.277 e. The fourth-order valence-electron chi connectivity index (χ4n) is 1.10. The first-order valence-corrected chi connectivity index (χ1v) is 4.21. The van der Waals surface area contributed by atoms with Crippen LogP contribution in [0.3, 0.4) is 0 Å². The number of rotatable bonds is 0. The van der Waals surface area contributed by atoms with Crippen LogP contribution < -0.4 is 0 Å². The summed E-state index contributed by atoms with van der Waals surface area (Å²) in [5.41, 5.74) is 1.62. The summed E-state index contributed by atoms with van der Waals surface area (Å²) in [7, 11) is 0. The van der Waals surface area contributed by atoms with Crippen molar-refractivity contribution in [1.82, 2.24) is 10.2 Å². The van der Waals surface area contributed by atoms with Crippen LogP contribution in [0.4, 0.5) is 0 Å². The van der Waals surface area contributed by atoms with Crippen molar-refractivity contribution in [1.29, 1.82) is 0 Å². The molecule has 3 heteroatoms. The van der Waals surface area contributed by atoms with E-state index in [9.17, 15) is 0 Å². The maximum absolute atomic E-state index is 5.25. The molecule has 0 amide bonds. The number of aromatic nitrogens is 2. The molecule has 1 N–H and O–H groups in total. The number of fused-ring (bicyclic) bond motifs is 1. The zero-order chi connectivity index (χ0) is 8.55. The molecule has 0 saturated carbocycles. The summed E-state index contributed by atoms with van der Waals surface area (Å²) in [5, 5.41) is 7.82. The number of H-pyrrole nitrogens is 1. The molecule has 1 aromatic heterocycles. The molecule has 58 valence electrons. The minimum Gasteiger partial charge on any atom is -0.277 e. The van der Waals surface area contributed by atoms with Crippen molar-refractivity contribution in [3.05, 3.63) is 28.4 Å². The molecule has 0 radical (unpaired) electrons. The Balaban J connectivity index is 2.84. The molecule has 0 aliphatic carbocycles. The second-order valence-corrected chi connectivity index (χ2v) is 3.32. The highest BCUT2D eigenvalue weighted by Crippen LogP contribution is 2.19. The molecular weight excluding hydrogens is 216 g/mol. The third-order valence-corrected chi connectivity index (χ3v) is 2.15. The maximum Gasteiger partial charge on any atom is 0.142 e. The average molecular weight is 221 g/mol. The van der Waals surface area contributed by atoms with Gasteiger partial charge in [-0.3, -0.25) is 5.10 Å². The van der Waals surface area contributed by atoms with E-state index in [-0.39, 0.29) is 0 Å². The summed E-state index contributed by atoms with van der Waals surface area (Å²) in [5.74, 6) is 2.51. The molecule has 0 fully saturated rings. The molecule has 0 atom stereocenters. The van der Waals surface area contributed by atoms with Crippen LogP contribution in [0.15, 0.2) is 22.7 Å². The van der Waals surface area contributed by atoms with Gasteiger partial charge in [0.25, 0.3) is 0 Å². The third-order valence-electron chi connectivity index (χ3n) is 1.66. The van der Waals surface area contributed by atoms with Gasteiger partial charge in [0.15, 0.2) is 0 Å². The molecular formula is C9H5BrN2. The molecule has 1 heterocycles. The van der Waals surface area contributed by atoms with Gasteiger partial charge in [0.1, 0.15) is 5.69 Å². The lowest BCUT2D eigenvalue weighted by Crippen LogP contribution is -1.71. The third kappa shape index (κ3) is 1.01. The highest BCUT2D eigenvalue weighted by Gasteiger charge is 2.01. The first-order valence-electron chi connectivity index (χ1n) is 3.41. The number of terminal acetylenes is 1. The van der Waals surface area contributed by atoms with Crippen LogP contribution in [-0.2, 0) is 0 Å². The predicted molar refractivity (Wildman–Crippen MR) is 51.7 cm³/mol. The summed E-state index contributed by atoms with van der Waals surface area (Å²) in [6, 6.07) is 5.83. The second-order valence-electron chi connectivity index (χ2n) is 2.41. The summed E-state index contributed by atoms with van der Waals surface area (Å²) in [6.45, 7) is 0. The Morgan fingerprint density at radius 2 is 2.33 bits per heavy atom. The van der Waals surface area contributed by atoms with Gasteiger partial charge in [0.2, 0.25) is 0 Å². The predicted octanol–water partition coefficient (Wildman–Crippen LogP) is 2.31. The van der Waals surface area contributed by atoms with Crippen molar-refractivity contribution in [3.63, 3.8) is 0 Å². The van der Waals surface area contributed by atoms with Crippen LogP contribution in [0, 0.1) is 12.3 Å². The average Bonchev–Trinajstić information content (AvgIpc) is 2.46. The fraction of sp³-hybridized carbons (Fsp3) is 0. The highest BCUT2D eigenvalue weighted by atomic mass is 79.9. The number of aromatic amines is 1. The number of benzene rings is 1. The van der Waals surface area contributed by atoms with E-state index in [1.54, 1.807) is 0 Å². The van der Waals surface area contributed by atoms with Crippen LogP contribution in [0.2, 0.25) is 0 Å². The summed E-state index contributed by atoms with van der Waals surface area (Å²) < 4.78 is 1.02. The van der Waals surface area contributed by atoms with Crippen LogP contribution in [0.1, 0.15) is 5.69 Å². The Morgan fingerprint density at radius 1 is 1.50 bits per heavy atom. The van der Waals surface area contributed by atoms with Crippen LogP contribution in [0.25, 0.3) is 10.9 Å². The zero-order valence-electron chi connectivity index (χ0n) is 6.13. The Bertz CT molecular complexity index is 465. The van der Waals surface area contributed by atoms with Gasteiger partial charge in [-0.2, -0.15) is 5.10 Å². The molecule has 0 unspecified atom stereocenters. The standard InChI is InChI=1S/C9H5BrN2/c1-2-8-7-4-3-6(10)5-9(7)12-11-8/h1,3-5H,(H,11,12). The van der Waals surface area contributed by atoms with Crippen molar-refractivity contribution >= 4 is 26.8 Å². The Hall–Kier alpha value is -1.27. The van der Waals surface area contributed by atoms with Crippen molar-refractivity contribution < 1.29 is 0 Å². The van der Waals surface area contributed by atoms with E-state index in [0.717, 1.165) is 15.4 Å². The zero-order valence-corrected chi connectivity index (χ0v) is 7.72. The topological polar surface area (TPSA) is 28.7 Å². The van der Waals surface area contributed by atoms with Crippen molar-refractivity contribution in [2.45, 2.75) is 0 Å². The maximum atomic E-state index is 5.25. The van der Waals surface area contributed by atoms with Gasteiger partial charge in [-0.15, -0.1) is 6.42 Å². The van der Waals surface area contributed by atoms with E-state index in [4.69, 9.17) is 6.42 Å².